The van der Waals surface area contributed by atoms with E-state index in [1.165, 1.54) is 19.3 Å². The number of ether oxygens (including phenoxy) is 1. The second-order valence-electron chi connectivity index (χ2n) is 7.03. The van der Waals surface area contributed by atoms with E-state index in [1.807, 2.05) is 25.7 Å². The number of rotatable bonds is 1. The smallest absolute Gasteiger partial charge is 0.410 e. The lowest BCUT2D eigenvalue weighted by atomic mass is 9.73. The minimum atomic E-state index is -0.391. The van der Waals surface area contributed by atoms with Crippen LogP contribution in [0.15, 0.2) is 0 Å². The molecule has 4 heteroatoms. The van der Waals surface area contributed by atoms with Crippen LogP contribution in [-0.4, -0.2) is 42.8 Å². The summed E-state index contributed by atoms with van der Waals surface area (Å²) in [7, 11) is 2.06. The van der Waals surface area contributed by atoms with Gasteiger partial charge in [-0.25, -0.2) is 4.79 Å². The van der Waals surface area contributed by atoms with Crippen molar-refractivity contribution >= 4 is 6.09 Å². The summed E-state index contributed by atoms with van der Waals surface area (Å²) >= 11 is 0. The summed E-state index contributed by atoms with van der Waals surface area (Å²) in [6, 6.07) is 0.675. The number of carbonyl (C=O) groups excluding carboxylic acids is 1. The summed E-state index contributed by atoms with van der Waals surface area (Å²) in [5.41, 5.74) is -0.391. The van der Waals surface area contributed by atoms with Gasteiger partial charge in [-0.1, -0.05) is 0 Å². The zero-order chi connectivity index (χ0) is 14.0. The highest BCUT2D eigenvalue weighted by atomic mass is 16.6. The third kappa shape index (κ3) is 3.85. The van der Waals surface area contributed by atoms with E-state index in [9.17, 15) is 4.79 Å². The minimum Gasteiger partial charge on any atom is -0.444 e. The van der Waals surface area contributed by atoms with Crippen LogP contribution in [0.5, 0.6) is 0 Å². The van der Waals surface area contributed by atoms with Crippen LogP contribution in [0.4, 0.5) is 4.79 Å². The van der Waals surface area contributed by atoms with E-state index < -0.39 is 5.60 Å². The van der Waals surface area contributed by atoms with Gasteiger partial charge >= 0.3 is 6.09 Å². The van der Waals surface area contributed by atoms with E-state index in [4.69, 9.17) is 4.74 Å². The first-order valence-corrected chi connectivity index (χ1v) is 7.54. The highest BCUT2D eigenvalue weighted by Gasteiger charge is 2.36. The van der Waals surface area contributed by atoms with Crippen molar-refractivity contribution in [3.05, 3.63) is 0 Å². The van der Waals surface area contributed by atoms with Gasteiger partial charge in [-0.3, -0.25) is 0 Å². The molecule has 1 saturated carbocycles. The Bertz CT molecular complexity index is 325. The molecule has 2 fully saturated rings. The SMILES string of the molecule is CNC1CCC2CN(C(=O)OC(C)(C)C)CCC2C1. The van der Waals surface area contributed by atoms with Crippen LogP contribution in [0.2, 0.25) is 0 Å². The van der Waals surface area contributed by atoms with Gasteiger partial charge in [0, 0.05) is 19.1 Å². The molecular weight excluding hydrogens is 240 g/mol. The number of nitrogens with one attached hydrogen (secondary N) is 1. The molecule has 1 heterocycles. The van der Waals surface area contributed by atoms with Gasteiger partial charge in [0.1, 0.15) is 5.60 Å². The van der Waals surface area contributed by atoms with E-state index in [2.05, 4.69) is 12.4 Å². The number of fused-ring (bicyclic) bond motifs is 1. The molecular formula is C15H28N2O2. The van der Waals surface area contributed by atoms with Crippen molar-refractivity contribution in [2.24, 2.45) is 11.8 Å². The predicted octanol–water partition coefficient (Wildman–Crippen LogP) is 2.63. The molecule has 0 bridgehead atoms. The quantitative estimate of drug-likeness (QED) is 0.795. The summed E-state index contributed by atoms with van der Waals surface area (Å²) in [6.07, 6.45) is 4.72. The van der Waals surface area contributed by atoms with Crippen LogP contribution in [0, 0.1) is 11.8 Å². The number of nitrogens with zero attached hydrogens (tertiary/aromatic N) is 1. The molecule has 1 saturated heterocycles. The van der Waals surface area contributed by atoms with Crippen LogP contribution < -0.4 is 5.32 Å². The Morgan fingerprint density at radius 2 is 1.95 bits per heavy atom. The molecule has 0 aromatic carbocycles. The molecule has 0 aromatic rings. The van der Waals surface area contributed by atoms with Crippen LogP contribution >= 0.6 is 0 Å². The number of amides is 1. The fourth-order valence-electron chi connectivity index (χ4n) is 3.37. The molecule has 1 aliphatic carbocycles. The van der Waals surface area contributed by atoms with E-state index in [-0.39, 0.29) is 6.09 Å². The second kappa shape index (κ2) is 5.70. The van der Waals surface area contributed by atoms with Crippen molar-refractivity contribution in [3.63, 3.8) is 0 Å². The predicted molar refractivity (Wildman–Crippen MR) is 76.1 cm³/mol. The van der Waals surface area contributed by atoms with E-state index in [0.29, 0.717) is 12.0 Å². The number of hydrogen-bond donors (Lipinski definition) is 1. The molecule has 0 radical (unpaired) electrons. The maximum atomic E-state index is 12.1. The summed E-state index contributed by atoms with van der Waals surface area (Å²) in [5.74, 6) is 1.45. The van der Waals surface area contributed by atoms with Crippen LogP contribution in [-0.2, 0) is 4.74 Å². The van der Waals surface area contributed by atoms with Crippen LogP contribution in [0.25, 0.3) is 0 Å². The fourth-order valence-corrected chi connectivity index (χ4v) is 3.37. The average Bonchev–Trinajstić information content (AvgIpc) is 2.35. The van der Waals surface area contributed by atoms with E-state index in [0.717, 1.165) is 25.4 Å². The second-order valence-corrected chi connectivity index (χ2v) is 7.03. The van der Waals surface area contributed by atoms with Gasteiger partial charge in [-0.15, -0.1) is 0 Å². The first-order valence-electron chi connectivity index (χ1n) is 7.54. The third-order valence-electron chi connectivity index (χ3n) is 4.42. The van der Waals surface area contributed by atoms with Crippen molar-refractivity contribution in [3.8, 4) is 0 Å². The monoisotopic (exact) mass is 268 g/mol. The van der Waals surface area contributed by atoms with Gasteiger partial charge in [0.05, 0.1) is 0 Å². The zero-order valence-electron chi connectivity index (χ0n) is 12.7. The Balaban J connectivity index is 1.87. The summed E-state index contributed by atoms with van der Waals surface area (Å²) in [6.45, 7) is 7.52. The molecule has 110 valence electrons. The Labute approximate surface area is 116 Å². The van der Waals surface area contributed by atoms with Gasteiger partial charge in [0.2, 0.25) is 0 Å². The van der Waals surface area contributed by atoms with Crippen molar-refractivity contribution in [1.29, 1.82) is 0 Å². The van der Waals surface area contributed by atoms with Crippen LogP contribution in [0.3, 0.4) is 0 Å². The number of carbonyl (C=O) groups is 1. The van der Waals surface area contributed by atoms with E-state index in [1.54, 1.807) is 0 Å². The minimum absolute atomic E-state index is 0.137. The number of hydrogen-bond acceptors (Lipinski definition) is 3. The third-order valence-corrected chi connectivity index (χ3v) is 4.42. The Hall–Kier alpha value is -0.770. The Morgan fingerprint density at radius 3 is 2.58 bits per heavy atom. The van der Waals surface area contributed by atoms with Gasteiger partial charge in [0.15, 0.2) is 0 Å². The largest absolute Gasteiger partial charge is 0.444 e. The molecule has 1 amide bonds. The lowest BCUT2D eigenvalue weighted by Gasteiger charge is -2.43. The zero-order valence-corrected chi connectivity index (χ0v) is 12.7. The highest BCUT2D eigenvalue weighted by Crippen LogP contribution is 2.36. The van der Waals surface area contributed by atoms with Gasteiger partial charge in [-0.05, 0) is 65.3 Å². The normalized spacial score (nSPS) is 31.8. The Morgan fingerprint density at radius 1 is 1.21 bits per heavy atom. The molecule has 3 atom stereocenters. The molecule has 2 aliphatic rings. The molecule has 3 unspecified atom stereocenters. The molecule has 19 heavy (non-hydrogen) atoms. The molecule has 1 N–H and O–H groups in total. The van der Waals surface area contributed by atoms with Crippen molar-refractivity contribution in [2.75, 3.05) is 20.1 Å². The standard InChI is InChI=1S/C15H28N2O2/c1-15(2,3)19-14(18)17-8-7-11-9-13(16-4)6-5-12(11)10-17/h11-13,16H,5-10H2,1-4H3. The lowest BCUT2D eigenvalue weighted by molar-refractivity contribution is 0.00389. The van der Waals surface area contributed by atoms with Gasteiger partial charge in [0.25, 0.3) is 0 Å². The maximum absolute atomic E-state index is 12.1. The summed E-state index contributed by atoms with van der Waals surface area (Å²) in [5, 5.41) is 3.40. The van der Waals surface area contributed by atoms with Gasteiger partial charge in [-0.2, -0.15) is 0 Å². The van der Waals surface area contributed by atoms with E-state index >= 15 is 0 Å². The first kappa shape index (κ1) is 14.6. The maximum Gasteiger partial charge on any atom is 0.410 e. The highest BCUT2D eigenvalue weighted by molar-refractivity contribution is 5.68. The first-order chi connectivity index (χ1) is 8.89. The molecule has 4 nitrogen and oxygen atoms in total. The van der Waals surface area contributed by atoms with Crippen molar-refractivity contribution < 1.29 is 9.53 Å². The molecule has 1 aliphatic heterocycles. The number of piperidine rings is 1. The summed E-state index contributed by atoms with van der Waals surface area (Å²) in [4.78, 5) is 14.0. The number of likely N-dealkylation sites (tertiary alicyclic amines) is 1. The van der Waals surface area contributed by atoms with Crippen LogP contribution in [0.1, 0.15) is 46.5 Å². The fraction of sp³-hybridized carbons (Fsp3) is 0.933. The average molecular weight is 268 g/mol. The lowest BCUT2D eigenvalue weighted by Crippen LogP contribution is -2.49. The van der Waals surface area contributed by atoms with Crippen molar-refractivity contribution in [2.45, 2.75) is 58.1 Å². The molecule has 2 rings (SSSR count). The van der Waals surface area contributed by atoms with Crippen molar-refractivity contribution in [1.82, 2.24) is 10.2 Å². The summed E-state index contributed by atoms with van der Waals surface area (Å²) < 4.78 is 5.47. The molecule has 0 aromatic heterocycles. The molecule has 0 spiro atoms. The van der Waals surface area contributed by atoms with Gasteiger partial charge < -0.3 is 15.0 Å². The topological polar surface area (TPSA) is 41.6 Å². The Kier molecular flexibility index (Phi) is 4.39.